The van der Waals surface area contributed by atoms with Gasteiger partial charge in [-0.05, 0) is 29.7 Å². The van der Waals surface area contributed by atoms with E-state index < -0.39 is 5.82 Å². The molecule has 3 aromatic rings. The molecule has 1 N–H and O–H groups in total. The highest BCUT2D eigenvalue weighted by Crippen LogP contribution is 2.15. The van der Waals surface area contributed by atoms with Crippen LogP contribution in [0.3, 0.4) is 0 Å². The maximum Gasteiger partial charge on any atom is 0.318 e. The van der Waals surface area contributed by atoms with E-state index in [1.165, 1.54) is 5.56 Å². The van der Waals surface area contributed by atoms with Crippen molar-refractivity contribution in [3.05, 3.63) is 82.8 Å². The zero-order valence-electron chi connectivity index (χ0n) is 13.5. The molecule has 0 aliphatic rings. The lowest BCUT2D eigenvalue weighted by Gasteiger charge is -2.09. The molecule has 0 amide bonds. The van der Waals surface area contributed by atoms with Crippen molar-refractivity contribution >= 4 is 17.4 Å². The number of nitrogens with zero attached hydrogens (tertiary/aromatic N) is 2. The van der Waals surface area contributed by atoms with E-state index in [4.69, 9.17) is 16.3 Å². The maximum absolute atomic E-state index is 13.8. The Hall–Kier alpha value is -2.66. The fourth-order valence-electron chi connectivity index (χ4n) is 2.24. The number of halogens is 2. The van der Waals surface area contributed by atoms with Crippen LogP contribution in [-0.4, -0.2) is 16.5 Å². The Balaban J connectivity index is 1.57. The van der Waals surface area contributed by atoms with E-state index in [0.717, 1.165) is 18.2 Å². The second-order valence-corrected chi connectivity index (χ2v) is 5.86. The smallest absolute Gasteiger partial charge is 0.318 e. The number of benzene rings is 2. The summed E-state index contributed by atoms with van der Waals surface area (Å²) in [5, 5.41) is 3.64. The van der Waals surface area contributed by atoms with Crippen molar-refractivity contribution < 1.29 is 9.13 Å². The average molecular weight is 358 g/mol. The summed E-state index contributed by atoms with van der Waals surface area (Å²) in [6.07, 6.45) is 1.88. The van der Waals surface area contributed by atoms with Gasteiger partial charge in [-0.3, -0.25) is 0 Å². The first-order valence-electron chi connectivity index (χ1n) is 7.88. The summed E-state index contributed by atoms with van der Waals surface area (Å²) in [4.78, 5) is 7.95. The van der Waals surface area contributed by atoms with Gasteiger partial charge in [-0.2, -0.15) is 4.98 Å². The van der Waals surface area contributed by atoms with Crippen molar-refractivity contribution in [2.75, 3.05) is 11.9 Å². The fourth-order valence-corrected chi connectivity index (χ4v) is 2.37. The number of nitrogens with one attached hydrogen (secondary N) is 1. The molecule has 4 nitrogen and oxygen atoms in total. The first kappa shape index (κ1) is 17.2. The molecule has 25 heavy (non-hydrogen) atoms. The van der Waals surface area contributed by atoms with Crippen molar-refractivity contribution in [1.29, 1.82) is 0 Å². The van der Waals surface area contributed by atoms with Crippen LogP contribution in [0.1, 0.15) is 11.1 Å². The number of anilines is 1. The van der Waals surface area contributed by atoms with Crippen molar-refractivity contribution in [3.8, 4) is 6.01 Å². The van der Waals surface area contributed by atoms with Gasteiger partial charge in [-0.1, -0.05) is 54.1 Å². The minimum atomic E-state index is -0.507. The van der Waals surface area contributed by atoms with Crippen LogP contribution in [-0.2, 0) is 13.0 Å². The highest BCUT2D eigenvalue weighted by Gasteiger charge is 2.08. The Bertz CT molecular complexity index is 813. The Kier molecular flexibility index (Phi) is 5.80. The van der Waals surface area contributed by atoms with Crippen LogP contribution < -0.4 is 10.1 Å². The summed E-state index contributed by atoms with van der Waals surface area (Å²) in [5.41, 5.74) is 2.10. The van der Waals surface area contributed by atoms with Crippen LogP contribution in [0.5, 0.6) is 6.01 Å². The van der Waals surface area contributed by atoms with Gasteiger partial charge in [0.1, 0.15) is 6.61 Å². The Morgan fingerprint density at radius 3 is 2.52 bits per heavy atom. The molecule has 3 rings (SSSR count). The van der Waals surface area contributed by atoms with Crippen molar-refractivity contribution in [3.63, 3.8) is 0 Å². The fraction of sp³-hybridized carbons (Fsp3) is 0.158. The minimum Gasteiger partial charge on any atom is -0.459 e. The van der Waals surface area contributed by atoms with Crippen molar-refractivity contribution in [2.24, 2.45) is 0 Å². The Morgan fingerprint density at radius 1 is 1.00 bits per heavy atom. The van der Waals surface area contributed by atoms with Crippen LogP contribution in [0.15, 0.2) is 60.8 Å². The average Bonchev–Trinajstić information content (AvgIpc) is 2.64. The van der Waals surface area contributed by atoms with Gasteiger partial charge in [-0.25, -0.2) is 9.37 Å². The summed E-state index contributed by atoms with van der Waals surface area (Å²) >= 11 is 5.84. The zero-order valence-corrected chi connectivity index (χ0v) is 14.2. The van der Waals surface area contributed by atoms with Gasteiger partial charge in [-0.15, -0.1) is 0 Å². The molecule has 0 radical (unpaired) electrons. The van der Waals surface area contributed by atoms with E-state index in [1.54, 1.807) is 12.1 Å². The molecule has 0 bridgehead atoms. The molecule has 6 heteroatoms. The number of aromatic nitrogens is 2. The quantitative estimate of drug-likeness (QED) is 0.676. The highest BCUT2D eigenvalue weighted by molar-refractivity contribution is 6.30. The molecule has 0 aliphatic heterocycles. The standard InChI is InChI=1S/C19H17ClFN3O/c20-16-8-6-15(7-9-16)13-25-19-23-12-17(21)18(24-19)22-11-10-14-4-2-1-3-5-14/h1-9,12H,10-11,13H2,(H,22,23,24). The van der Waals surface area contributed by atoms with Crippen LogP contribution in [0.2, 0.25) is 5.02 Å². The molecule has 1 aromatic heterocycles. The van der Waals surface area contributed by atoms with E-state index in [0.29, 0.717) is 11.6 Å². The largest absolute Gasteiger partial charge is 0.459 e. The number of hydrogen-bond donors (Lipinski definition) is 1. The van der Waals surface area contributed by atoms with E-state index in [-0.39, 0.29) is 18.4 Å². The van der Waals surface area contributed by atoms with E-state index >= 15 is 0 Å². The predicted molar refractivity (Wildman–Crippen MR) is 96.4 cm³/mol. The third-order valence-electron chi connectivity index (χ3n) is 3.55. The van der Waals surface area contributed by atoms with E-state index in [2.05, 4.69) is 15.3 Å². The van der Waals surface area contributed by atoms with E-state index in [1.807, 2.05) is 42.5 Å². The molecule has 1 heterocycles. The SMILES string of the molecule is Fc1cnc(OCc2ccc(Cl)cc2)nc1NCCc1ccccc1. The molecular formula is C19H17ClFN3O. The van der Waals surface area contributed by atoms with Crippen molar-refractivity contribution in [1.82, 2.24) is 9.97 Å². The number of hydrogen-bond acceptors (Lipinski definition) is 4. The molecule has 2 aromatic carbocycles. The molecule has 0 fully saturated rings. The summed E-state index contributed by atoms with van der Waals surface area (Å²) in [5.74, 6) is -0.371. The second kappa shape index (κ2) is 8.44. The Labute approximate surface area is 150 Å². The zero-order chi connectivity index (χ0) is 17.5. The van der Waals surface area contributed by atoms with Gasteiger partial charge in [0, 0.05) is 11.6 Å². The summed E-state index contributed by atoms with van der Waals surface area (Å²) in [6.45, 7) is 0.848. The summed E-state index contributed by atoms with van der Waals surface area (Å²) in [6, 6.07) is 17.4. The van der Waals surface area contributed by atoms with Gasteiger partial charge >= 0.3 is 6.01 Å². The predicted octanol–water partition coefficient (Wildman–Crippen LogP) is 4.50. The van der Waals surface area contributed by atoms with Gasteiger partial charge in [0.2, 0.25) is 0 Å². The number of ether oxygens (including phenoxy) is 1. The topological polar surface area (TPSA) is 47.0 Å². The summed E-state index contributed by atoms with van der Waals surface area (Å²) < 4.78 is 19.4. The maximum atomic E-state index is 13.8. The van der Waals surface area contributed by atoms with Crippen molar-refractivity contribution in [2.45, 2.75) is 13.0 Å². The molecule has 0 saturated heterocycles. The molecule has 0 saturated carbocycles. The summed E-state index contributed by atoms with van der Waals surface area (Å²) in [7, 11) is 0. The normalized spacial score (nSPS) is 10.5. The monoisotopic (exact) mass is 357 g/mol. The van der Waals surface area contributed by atoms with Crippen LogP contribution in [0.25, 0.3) is 0 Å². The van der Waals surface area contributed by atoms with Crippen LogP contribution in [0.4, 0.5) is 10.2 Å². The van der Waals surface area contributed by atoms with Gasteiger partial charge in [0.05, 0.1) is 6.20 Å². The highest BCUT2D eigenvalue weighted by atomic mass is 35.5. The lowest BCUT2D eigenvalue weighted by Crippen LogP contribution is -2.10. The first-order chi connectivity index (χ1) is 12.2. The van der Waals surface area contributed by atoms with E-state index in [9.17, 15) is 4.39 Å². The third kappa shape index (κ3) is 5.16. The van der Waals surface area contributed by atoms with Gasteiger partial charge < -0.3 is 10.1 Å². The molecule has 0 spiro atoms. The van der Waals surface area contributed by atoms with Gasteiger partial charge in [0.15, 0.2) is 11.6 Å². The lowest BCUT2D eigenvalue weighted by atomic mass is 10.1. The molecule has 128 valence electrons. The van der Waals surface area contributed by atoms with Crippen LogP contribution >= 0.6 is 11.6 Å². The third-order valence-corrected chi connectivity index (χ3v) is 3.80. The minimum absolute atomic E-state index is 0.124. The van der Waals surface area contributed by atoms with Gasteiger partial charge in [0.25, 0.3) is 0 Å². The Morgan fingerprint density at radius 2 is 1.76 bits per heavy atom. The molecule has 0 unspecified atom stereocenters. The molecular weight excluding hydrogens is 341 g/mol. The van der Waals surface area contributed by atoms with Crippen LogP contribution in [0, 0.1) is 5.82 Å². The molecule has 0 aliphatic carbocycles. The number of rotatable bonds is 7. The molecule has 0 atom stereocenters. The lowest BCUT2D eigenvalue weighted by molar-refractivity contribution is 0.280. The second-order valence-electron chi connectivity index (χ2n) is 5.43. The first-order valence-corrected chi connectivity index (χ1v) is 8.26.